The summed E-state index contributed by atoms with van der Waals surface area (Å²) in [5, 5.41) is 0.959. The van der Waals surface area contributed by atoms with Crippen LogP contribution >= 0.6 is 0 Å². The normalized spacial score (nSPS) is 10.7. The summed E-state index contributed by atoms with van der Waals surface area (Å²) in [4.78, 5) is 4.24. The van der Waals surface area contributed by atoms with E-state index in [9.17, 15) is 0 Å². The molecule has 0 saturated heterocycles. The molecule has 3 nitrogen and oxygen atoms in total. The van der Waals surface area contributed by atoms with Crippen molar-refractivity contribution in [3.8, 4) is 0 Å². The third-order valence-electron chi connectivity index (χ3n) is 2.54. The van der Waals surface area contributed by atoms with E-state index in [1.165, 1.54) is 5.56 Å². The van der Waals surface area contributed by atoms with Gasteiger partial charge in [0.25, 0.3) is 0 Å². The van der Waals surface area contributed by atoms with Crippen LogP contribution in [-0.2, 0) is 6.42 Å². The van der Waals surface area contributed by atoms with Gasteiger partial charge in [0.15, 0.2) is 0 Å². The number of anilines is 2. The number of nitrogen functional groups attached to an aromatic ring is 2. The maximum atomic E-state index is 5.92. The summed E-state index contributed by atoms with van der Waals surface area (Å²) in [7, 11) is 0. The quantitative estimate of drug-likeness (QED) is 0.783. The molecule has 0 bridgehead atoms. The molecule has 0 fully saturated rings. The Morgan fingerprint density at radius 1 is 1.27 bits per heavy atom. The molecule has 0 amide bonds. The van der Waals surface area contributed by atoms with E-state index >= 15 is 0 Å². The summed E-state index contributed by atoms with van der Waals surface area (Å²) in [5.74, 6) is 0. The number of fused-ring (bicyclic) bond motifs is 1. The largest absolute Gasteiger partial charge is 0.396 e. The van der Waals surface area contributed by atoms with Gasteiger partial charge in [-0.15, -0.1) is 0 Å². The molecule has 2 rings (SSSR count). The Hall–Kier alpha value is -1.77. The Kier molecular flexibility index (Phi) is 2.46. The standard InChI is InChI=1S/C12H15N3/c1-2-3-8-4-5-11-9(6-8)12(14)10(13)7-15-11/h4-7H,2-3,13H2,1H3,(H2,14,15). The van der Waals surface area contributed by atoms with Gasteiger partial charge in [0.05, 0.1) is 23.1 Å². The van der Waals surface area contributed by atoms with Crippen molar-refractivity contribution in [1.29, 1.82) is 0 Å². The van der Waals surface area contributed by atoms with E-state index in [2.05, 4.69) is 24.0 Å². The van der Waals surface area contributed by atoms with Crippen molar-refractivity contribution < 1.29 is 0 Å². The van der Waals surface area contributed by atoms with Crippen LogP contribution in [0.25, 0.3) is 10.9 Å². The minimum atomic E-state index is 0.552. The number of nitrogens with zero attached hydrogens (tertiary/aromatic N) is 1. The lowest BCUT2D eigenvalue weighted by atomic mass is 10.1. The third kappa shape index (κ3) is 1.73. The molecular weight excluding hydrogens is 186 g/mol. The van der Waals surface area contributed by atoms with Gasteiger partial charge in [-0.05, 0) is 24.1 Å². The fourth-order valence-electron chi connectivity index (χ4n) is 1.72. The van der Waals surface area contributed by atoms with Gasteiger partial charge in [-0.1, -0.05) is 19.4 Å². The van der Waals surface area contributed by atoms with Gasteiger partial charge in [-0.3, -0.25) is 4.98 Å². The Balaban J connectivity index is 2.63. The molecule has 0 saturated carbocycles. The van der Waals surface area contributed by atoms with Gasteiger partial charge >= 0.3 is 0 Å². The zero-order valence-electron chi connectivity index (χ0n) is 8.83. The lowest BCUT2D eigenvalue weighted by Crippen LogP contribution is -1.97. The minimum absolute atomic E-state index is 0.552. The second-order valence-corrected chi connectivity index (χ2v) is 3.73. The number of pyridine rings is 1. The Morgan fingerprint density at radius 2 is 2.07 bits per heavy atom. The highest BCUT2D eigenvalue weighted by Crippen LogP contribution is 2.25. The van der Waals surface area contributed by atoms with Crippen molar-refractivity contribution in [1.82, 2.24) is 4.98 Å². The molecule has 0 aliphatic rings. The lowest BCUT2D eigenvalue weighted by Gasteiger charge is -2.06. The first kappa shape index (κ1) is 9.77. The van der Waals surface area contributed by atoms with Gasteiger partial charge in [0.1, 0.15) is 0 Å². The van der Waals surface area contributed by atoms with E-state index in [1.54, 1.807) is 6.20 Å². The Bertz CT molecular complexity index is 491. The van der Waals surface area contributed by atoms with Gasteiger partial charge in [0, 0.05) is 5.39 Å². The molecule has 0 atom stereocenters. The number of rotatable bonds is 2. The number of nitrogens with two attached hydrogens (primary N) is 2. The lowest BCUT2D eigenvalue weighted by molar-refractivity contribution is 0.923. The number of hydrogen-bond donors (Lipinski definition) is 2. The van der Waals surface area contributed by atoms with Gasteiger partial charge in [-0.25, -0.2) is 0 Å². The highest BCUT2D eigenvalue weighted by atomic mass is 14.8. The van der Waals surface area contributed by atoms with E-state index in [0.717, 1.165) is 23.7 Å². The SMILES string of the molecule is CCCc1ccc2ncc(N)c(N)c2c1. The van der Waals surface area contributed by atoms with E-state index in [1.807, 2.05) is 6.07 Å². The van der Waals surface area contributed by atoms with Crippen LogP contribution in [0.5, 0.6) is 0 Å². The van der Waals surface area contributed by atoms with Crippen LogP contribution in [0.2, 0.25) is 0 Å². The maximum Gasteiger partial charge on any atom is 0.0740 e. The zero-order chi connectivity index (χ0) is 10.8. The fraction of sp³-hybridized carbons (Fsp3) is 0.250. The molecule has 0 unspecified atom stereocenters. The van der Waals surface area contributed by atoms with Crippen LogP contribution in [0.15, 0.2) is 24.4 Å². The number of benzene rings is 1. The van der Waals surface area contributed by atoms with E-state index in [4.69, 9.17) is 11.5 Å². The van der Waals surface area contributed by atoms with Crippen molar-refractivity contribution in [3.05, 3.63) is 30.0 Å². The van der Waals surface area contributed by atoms with Crippen molar-refractivity contribution in [3.63, 3.8) is 0 Å². The third-order valence-corrected chi connectivity index (χ3v) is 2.54. The van der Waals surface area contributed by atoms with Crippen LogP contribution in [-0.4, -0.2) is 4.98 Å². The smallest absolute Gasteiger partial charge is 0.0740 e. The molecule has 15 heavy (non-hydrogen) atoms. The molecule has 0 radical (unpaired) electrons. The summed E-state index contributed by atoms with van der Waals surface area (Å²) >= 11 is 0. The van der Waals surface area contributed by atoms with Crippen molar-refractivity contribution in [2.24, 2.45) is 0 Å². The van der Waals surface area contributed by atoms with Crippen molar-refractivity contribution >= 4 is 22.3 Å². The monoisotopic (exact) mass is 201 g/mol. The van der Waals surface area contributed by atoms with Gasteiger partial charge < -0.3 is 11.5 Å². The molecule has 0 spiro atoms. The van der Waals surface area contributed by atoms with E-state index in [-0.39, 0.29) is 0 Å². The predicted octanol–water partition coefficient (Wildman–Crippen LogP) is 2.35. The topological polar surface area (TPSA) is 64.9 Å². The van der Waals surface area contributed by atoms with Crippen LogP contribution in [0, 0.1) is 0 Å². The summed E-state index contributed by atoms with van der Waals surface area (Å²) in [6, 6.07) is 6.17. The number of aryl methyl sites for hydroxylation is 1. The highest BCUT2D eigenvalue weighted by Gasteiger charge is 2.03. The summed E-state index contributed by atoms with van der Waals surface area (Å²) < 4.78 is 0. The second kappa shape index (κ2) is 3.77. The molecule has 78 valence electrons. The molecule has 1 heterocycles. The number of aromatic nitrogens is 1. The van der Waals surface area contributed by atoms with Crippen LogP contribution in [0.4, 0.5) is 11.4 Å². The van der Waals surface area contributed by atoms with Crippen LogP contribution in [0.1, 0.15) is 18.9 Å². The summed E-state index contributed by atoms with van der Waals surface area (Å²) in [6.45, 7) is 2.16. The van der Waals surface area contributed by atoms with E-state index < -0.39 is 0 Å². The summed E-state index contributed by atoms with van der Waals surface area (Å²) in [5.41, 5.74) is 15.0. The molecule has 4 N–H and O–H groups in total. The average molecular weight is 201 g/mol. The Morgan fingerprint density at radius 3 is 2.80 bits per heavy atom. The summed E-state index contributed by atoms with van der Waals surface area (Å²) in [6.07, 6.45) is 3.79. The first-order valence-corrected chi connectivity index (χ1v) is 5.15. The second-order valence-electron chi connectivity index (χ2n) is 3.73. The van der Waals surface area contributed by atoms with Crippen LogP contribution < -0.4 is 11.5 Å². The van der Waals surface area contributed by atoms with Crippen LogP contribution in [0.3, 0.4) is 0 Å². The molecule has 2 aromatic rings. The van der Waals surface area contributed by atoms with E-state index in [0.29, 0.717) is 11.4 Å². The fourth-order valence-corrected chi connectivity index (χ4v) is 1.72. The van der Waals surface area contributed by atoms with Crippen molar-refractivity contribution in [2.45, 2.75) is 19.8 Å². The molecule has 3 heteroatoms. The first-order chi connectivity index (χ1) is 7.22. The Labute approximate surface area is 89.1 Å². The number of hydrogen-bond acceptors (Lipinski definition) is 3. The molecule has 0 aliphatic carbocycles. The molecule has 1 aromatic carbocycles. The first-order valence-electron chi connectivity index (χ1n) is 5.15. The van der Waals surface area contributed by atoms with Gasteiger partial charge in [0.2, 0.25) is 0 Å². The minimum Gasteiger partial charge on any atom is -0.396 e. The molecule has 1 aromatic heterocycles. The maximum absolute atomic E-state index is 5.92. The molecule has 0 aliphatic heterocycles. The highest BCUT2D eigenvalue weighted by molar-refractivity contribution is 5.95. The van der Waals surface area contributed by atoms with Gasteiger partial charge in [-0.2, -0.15) is 0 Å². The zero-order valence-corrected chi connectivity index (χ0v) is 8.83. The average Bonchev–Trinajstić information content (AvgIpc) is 2.25. The predicted molar refractivity (Wildman–Crippen MR) is 64.6 cm³/mol. The molecular formula is C12H15N3. The van der Waals surface area contributed by atoms with Crippen molar-refractivity contribution in [2.75, 3.05) is 11.5 Å².